The predicted octanol–water partition coefficient (Wildman–Crippen LogP) is 3.99. The number of likely N-dealkylation sites (tertiary alicyclic amines) is 1. The van der Waals surface area contributed by atoms with Gasteiger partial charge in [-0.15, -0.1) is 23.7 Å². The molecule has 2 amide bonds. The van der Waals surface area contributed by atoms with Crippen LogP contribution in [0.3, 0.4) is 0 Å². The average molecular weight is 508 g/mol. The van der Waals surface area contributed by atoms with E-state index in [1.54, 1.807) is 21.7 Å². The second-order valence-corrected chi connectivity index (χ2v) is 10.3. The van der Waals surface area contributed by atoms with Gasteiger partial charge < -0.3 is 20.6 Å². The molecule has 3 N–H and O–H groups in total. The van der Waals surface area contributed by atoms with Crippen LogP contribution in [0.2, 0.25) is 0 Å². The van der Waals surface area contributed by atoms with E-state index in [0.29, 0.717) is 43.3 Å². The van der Waals surface area contributed by atoms with E-state index >= 15 is 0 Å². The van der Waals surface area contributed by atoms with Crippen LogP contribution in [0, 0.1) is 5.41 Å². The number of hydrogen-bond donors (Lipinski definition) is 3. The predicted molar refractivity (Wildman–Crippen MR) is 134 cm³/mol. The van der Waals surface area contributed by atoms with Crippen LogP contribution in [0.25, 0.3) is 16.2 Å². The number of thiazole rings is 1. The van der Waals surface area contributed by atoms with Crippen molar-refractivity contribution in [3.63, 3.8) is 0 Å². The molecule has 0 aliphatic carbocycles. The average Bonchev–Trinajstić information content (AvgIpc) is 3.36. The van der Waals surface area contributed by atoms with E-state index in [4.69, 9.17) is 10.1 Å². The number of hydrogen-bond acceptors (Lipinski definition) is 7. The minimum atomic E-state index is -1.04. The lowest BCUT2D eigenvalue weighted by Gasteiger charge is -2.32. The van der Waals surface area contributed by atoms with Gasteiger partial charge >= 0.3 is 6.09 Å². The summed E-state index contributed by atoms with van der Waals surface area (Å²) in [6, 6.07) is 1.66. The highest BCUT2D eigenvalue weighted by Gasteiger charge is 2.27. The molecule has 4 rings (SSSR count). The summed E-state index contributed by atoms with van der Waals surface area (Å²) in [5, 5.41) is 21.2. The molecule has 1 fully saturated rings. The first-order valence-corrected chi connectivity index (χ1v) is 11.9. The molecule has 0 radical (unpaired) electrons. The van der Waals surface area contributed by atoms with Crippen molar-refractivity contribution in [2.24, 2.45) is 5.41 Å². The first-order chi connectivity index (χ1) is 15.6. The Morgan fingerprint density at radius 1 is 1.24 bits per heavy atom. The molecule has 0 aromatic carbocycles. The molecule has 3 aromatic heterocycles. The molecule has 1 saturated heterocycles. The van der Waals surface area contributed by atoms with Gasteiger partial charge in [0.15, 0.2) is 5.82 Å². The molecule has 1 aliphatic rings. The topological polar surface area (TPSA) is 125 Å². The molecule has 1 aliphatic heterocycles. The van der Waals surface area contributed by atoms with Gasteiger partial charge in [-0.3, -0.25) is 4.79 Å². The Hall–Kier alpha value is -2.92. The Bertz CT molecular complexity index is 1160. The molecule has 184 valence electrons. The number of nitrogens with one attached hydrogen (secondary N) is 2. The fourth-order valence-corrected chi connectivity index (χ4v) is 4.43. The monoisotopic (exact) mass is 507 g/mol. The van der Waals surface area contributed by atoms with Gasteiger partial charge in [-0.05, 0) is 25.2 Å². The lowest BCUT2D eigenvalue weighted by atomic mass is 9.88. The van der Waals surface area contributed by atoms with Crippen molar-refractivity contribution in [1.82, 2.24) is 29.8 Å². The summed E-state index contributed by atoms with van der Waals surface area (Å²) in [5.74, 6) is 0.849. The number of rotatable bonds is 5. The number of aromatic nitrogens is 4. The third kappa shape index (κ3) is 5.58. The Balaban J connectivity index is 0.00000324. The zero-order valence-corrected chi connectivity index (χ0v) is 21.2. The summed E-state index contributed by atoms with van der Waals surface area (Å²) in [7, 11) is 0. The van der Waals surface area contributed by atoms with Crippen LogP contribution < -0.4 is 10.6 Å². The van der Waals surface area contributed by atoms with Crippen molar-refractivity contribution in [3.8, 4) is 11.4 Å². The molecule has 0 bridgehead atoms. The summed E-state index contributed by atoms with van der Waals surface area (Å²) in [6.07, 6.45) is 3.69. The lowest BCUT2D eigenvalue weighted by molar-refractivity contribution is 0.0700. The van der Waals surface area contributed by atoms with E-state index in [1.807, 2.05) is 11.6 Å². The molecule has 0 spiro atoms. The molecule has 0 saturated carbocycles. The standard InChI is InChI=1S/C22H29N7O3S.ClH/c1-13(22(2,3)4)24-17-11-16(19(30)28-7-5-14(6-8-28)25-21(31)32)26-18(27-17)15-12-23-29-9-10-33-20(15)29;/h9-14,25H,5-8H2,1-4H3,(H,31,32)(H,24,26,27);1H/t13-;/m1./s1. The van der Waals surface area contributed by atoms with Gasteiger partial charge in [0.2, 0.25) is 0 Å². The quantitative estimate of drug-likeness (QED) is 0.476. The van der Waals surface area contributed by atoms with Crippen molar-refractivity contribution in [3.05, 3.63) is 29.5 Å². The maximum absolute atomic E-state index is 13.4. The number of carboxylic acid groups (broad SMARTS) is 1. The van der Waals surface area contributed by atoms with Crippen molar-refractivity contribution in [2.75, 3.05) is 18.4 Å². The Morgan fingerprint density at radius 2 is 1.94 bits per heavy atom. The molecule has 3 aromatic rings. The summed E-state index contributed by atoms with van der Waals surface area (Å²) in [6.45, 7) is 9.44. The summed E-state index contributed by atoms with van der Waals surface area (Å²) >= 11 is 1.54. The lowest BCUT2D eigenvalue weighted by Crippen LogP contribution is -2.46. The SMILES string of the molecule is C[C@@H](Nc1cc(C(=O)N2CCC(NC(=O)O)CC2)nc(-c2cnn3ccsc23)n1)C(C)(C)C.Cl. The number of carbonyl (C=O) groups excluding carboxylic acids is 1. The van der Waals surface area contributed by atoms with Gasteiger partial charge in [0.05, 0.1) is 11.8 Å². The molecule has 1 atom stereocenters. The van der Waals surface area contributed by atoms with E-state index in [-0.39, 0.29) is 35.8 Å². The first-order valence-electron chi connectivity index (χ1n) is 11.0. The number of anilines is 1. The van der Waals surface area contributed by atoms with Gasteiger partial charge in [-0.25, -0.2) is 19.3 Å². The van der Waals surface area contributed by atoms with E-state index in [0.717, 1.165) is 10.4 Å². The maximum atomic E-state index is 13.4. The van der Waals surface area contributed by atoms with Gasteiger partial charge in [0, 0.05) is 42.8 Å². The fraction of sp³-hybridized carbons (Fsp3) is 0.500. The first kappa shape index (κ1) is 25.7. The highest BCUT2D eigenvalue weighted by molar-refractivity contribution is 7.16. The highest BCUT2D eigenvalue weighted by Crippen LogP contribution is 2.28. The van der Waals surface area contributed by atoms with Crippen molar-refractivity contribution in [1.29, 1.82) is 0 Å². The van der Waals surface area contributed by atoms with Gasteiger partial charge in [0.1, 0.15) is 16.3 Å². The van der Waals surface area contributed by atoms with E-state index in [2.05, 4.69) is 48.4 Å². The number of nitrogens with zero attached hydrogens (tertiary/aromatic N) is 5. The van der Waals surface area contributed by atoms with Crippen LogP contribution in [0.4, 0.5) is 10.6 Å². The van der Waals surface area contributed by atoms with Gasteiger partial charge in [-0.1, -0.05) is 20.8 Å². The Morgan fingerprint density at radius 3 is 2.59 bits per heavy atom. The van der Waals surface area contributed by atoms with E-state index in [9.17, 15) is 9.59 Å². The van der Waals surface area contributed by atoms with Gasteiger partial charge in [0.25, 0.3) is 5.91 Å². The normalized spacial score (nSPS) is 15.6. The van der Waals surface area contributed by atoms with Crippen LogP contribution in [0.15, 0.2) is 23.8 Å². The minimum absolute atomic E-state index is 0. The third-order valence-electron chi connectivity index (χ3n) is 6.09. The molecular formula is C22H30ClN7O3S. The summed E-state index contributed by atoms with van der Waals surface area (Å²) in [4.78, 5) is 36.2. The van der Waals surface area contributed by atoms with E-state index in [1.165, 1.54) is 11.3 Å². The van der Waals surface area contributed by atoms with Crippen molar-refractivity contribution >= 4 is 46.4 Å². The molecule has 12 heteroatoms. The zero-order chi connectivity index (χ0) is 23.8. The number of piperidine rings is 1. The second kappa shape index (κ2) is 10.1. The fourth-order valence-electron chi connectivity index (χ4n) is 3.63. The van der Waals surface area contributed by atoms with Crippen LogP contribution in [-0.2, 0) is 0 Å². The van der Waals surface area contributed by atoms with Crippen LogP contribution in [-0.4, -0.2) is 66.8 Å². The van der Waals surface area contributed by atoms with Crippen molar-refractivity contribution in [2.45, 2.75) is 52.6 Å². The molecule has 0 unspecified atom stereocenters. The highest BCUT2D eigenvalue weighted by atomic mass is 35.5. The zero-order valence-electron chi connectivity index (χ0n) is 19.6. The Kier molecular flexibility index (Phi) is 7.67. The van der Waals surface area contributed by atoms with Crippen LogP contribution >= 0.6 is 23.7 Å². The summed E-state index contributed by atoms with van der Waals surface area (Å²) in [5.41, 5.74) is 1.08. The minimum Gasteiger partial charge on any atom is -0.465 e. The number of carbonyl (C=O) groups is 2. The largest absolute Gasteiger partial charge is 0.465 e. The number of fused-ring (bicyclic) bond motifs is 1. The molecule has 10 nitrogen and oxygen atoms in total. The van der Waals surface area contributed by atoms with Crippen molar-refractivity contribution < 1.29 is 14.7 Å². The second-order valence-electron chi connectivity index (χ2n) is 9.42. The number of amides is 2. The van der Waals surface area contributed by atoms with E-state index < -0.39 is 6.09 Å². The van der Waals surface area contributed by atoms with Gasteiger partial charge in [-0.2, -0.15) is 5.10 Å². The van der Waals surface area contributed by atoms with Crippen LogP contribution in [0.1, 0.15) is 51.0 Å². The van der Waals surface area contributed by atoms with Crippen LogP contribution in [0.5, 0.6) is 0 Å². The molecular weight excluding hydrogens is 478 g/mol. The molecule has 34 heavy (non-hydrogen) atoms. The molecule has 4 heterocycles. The third-order valence-corrected chi connectivity index (χ3v) is 6.98. The summed E-state index contributed by atoms with van der Waals surface area (Å²) < 4.78 is 1.77. The Labute approximate surface area is 208 Å². The maximum Gasteiger partial charge on any atom is 0.404 e. The number of halogens is 1. The smallest absolute Gasteiger partial charge is 0.404 e.